The molecule has 3 saturated heterocycles. The minimum absolute atomic E-state index is 0.0671. The third-order valence-corrected chi connectivity index (χ3v) is 27.3. The average molecular weight is 1670 g/mol. The summed E-state index contributed by atoms with van der Waals surface area (Å²) in [6.07, 6.45) is 15.2. The number of amides is 4. The van der Waals surface area contributed by atoms with Crippen LogP contribution >= 0.6 is 0 Å². The van der Waals surface area contributed by atoms with E-state index in [-0.39, 0.29) is 72.0 Å². The van der Waals surface area contributed by atoms with Crippen LogP contribution in [0.25, 0.3) is 67.3 Å². The molecule has 3 aliphatic heterocycles. The van der Waals surface area contributed by atoms with Crippen molar-refractivity contribution in [2.75, 3.05) is 79.0 Å². The number of hydrogen-bond acceptors (Lipinski definition) is 12. The van der Waals surface area contributed by atoms with E-state index in [0.717, 1.165) is 251 Å². The molecule has 4 N–H and O–H groups in total. The number of carbonyl (C=O) groups excluding carboxylic acids is 4. The minimum atomic E-state index is -0.354. The maximum Gasteiger partial charge on any atom is 0.245 e. The summed E-state index contributed by atoms with van der Waals surface area (Å²) in [7, 11) is 1.90. The molecule has 125 heavy (non-hydrogen) atoms. The van der Waals surface area contributed by atoms with Crippen LogP contribution in [-0.2, 0) is 44.9 Å². The SMILES string of the molecule is CCN(CC)[C@@H](C(=O)N(C)[C@@H](C)c1nc2c([nH]1)CCCc1cc(-c3ccc(-c4cnc([C@@H]5CCCN5C(=O)[C@@H](c5ccccc5)N(CC)CC)[nH]4)cc3)ccc1-2)c1ccccc1.CCN(CC)[C@@H](C(=O)N1CCC[C@H]1c1ncc(-c2ccc(-c3ccc4c(c3)CCCc3[nH]c([C@@H]5CCCN5C(=O)[C@@H](c5ccccc5)N(CC)CC)nc3-4)cc2)[nH]1)c1ccccc1. The van der Waals surface area contributed by atoms with Crippen molar-refractivity contribution in [1.29, 1.82) is 0 Å². The van der Waals surface area contributed by atoms with Gasteiger partial charge in [0.15, 0.2) is 0 Å². The summed E-state index contributed by atoms with van der Waals surface area (Å²) >= 11 is 0. The summed E-state index contributed by atoms with van der Waals surface area (Å²) in [6, 6.07) is 69.9. The van der Waals surface area contributed by atoms with Gasteiger partial charge in [-0.15, -0.1) is 0 Å². The molecule has 8 atom stereocenters. The molecule has 3 fully saturated rings. The highest BCUT2D eigenvalue weighted by molar-refractivity contribution is 5.87. The summed E-state index contributed by atoms with van der Waals surface area (Å²) in [5, 5.41) is 0. The number of H-pyrrole nitrogens is 4. The summed E-state index contributed by atoms with van der Waals surface area (Å²) in [4.78, 5) is 109. The number of nitrogens with one attached hydrogen (secondary N) is 4. The predicted molar refractivity (Wildman–Crippen MR) is 499 cm³/mol. The Morgan fingerprint density at radius 3 is 1.07 bits per heavy atom. The van der Waals surface area contributed by atoms with E-state index in [2.05, 4.69) is 228 Å². The smallest absolute Gasteiger partial charge is 0.245 e. The summed E-state index contributed by atoms with van der Waals surface area (Å²) in [6.45, 7) is 27.6. The molecular formula is C105H124N16O4. The Bertz CT molecular complexity index is 5610. The van der Waals surface area contributed by atoms with Gasteiger partial charge < -0.3 is 39.5 Å². The van der Waals surface area contributed by atoms with Gasteiger partial charge in [0, 0.05) is 49.2 Å². The number of aryl methyl sites for hydroxylation is 4. The van der Waals surface area contributed by atoms with Crippen LogP contribution in [0.5, 0.6) is 0 Å². The van der Waals surface area contributed by atoms with Gasteiger partial charge in [-0.25, -0.2) is 19.9 Å². The van der Waals surface area contributed by atoms with Gasteiger partial charge in [0.2, 0.25) is 23.6 Å². The second-order valence-corrected chi connectivity index (χ2v) is 34.2. The fraction of sp³-hybridized carbons (Fsp3) is 0.390. The molecule has 0 radical (unpaired) electrons. The Balaban J connectivity index is 0.000000185. The monoisotopic (exact) mass is 1670 g/mol. The zero-order valence-electron chi connectivity index (χ0n) is 74.7. The van der Waals surface area contributed by atoms with Crippen LogP contribution in [0.4, 0.5) is 0 Å². The van der Waals surface area contributed by atoms with Crippen molar-refractivity contribution in [3.05, 3.63) is 287 Å². The van der Waals surface area contributed by atoms with Crippen molar-refractivity contribution in [3.63, 3.8) is 0 Å². The Morgan fingerprint density at radius 1 is 0.368 bits per heavy atom. The van der Waals surface area contributed by atoms with E-state index in [4.69, 9.17) is 19.9 Å². The number of aromatic nitrogens is 8. The van der Waals surface area contributed by atoms with E-state index >= 15 is 0 Å². The van der Waals surface area contributed by atoms with E-state index in [1.807, 2.05) is 119 Å². The van der Waals surface area contributed by atoms with Crippen molar-refractivity contribution in [2.24, 2.45) is 0 Å². The van der Waals surface area contributed by atoms with Gasteiger partial charge in [-0.3, -0.25) is 38.8 Å². The number of rotatable bonds is 29. The lowest BCUT2D eigenvalue weighted by atomic mass is 9.95. The second-order valence-electron chi connectivity index (χ2n) is 34.2. The fourth-order valence-corrected chi connectivity index (χ4v) is 20.3. The molecule has 4 aromatic heterocycles. The maximum absolute atomic E-state index is 14.5. The fourth-order valence-electron chi connectivity index (χ4n) is 20.3. The third kappa shape index (κ3) is 18.2. The van der Waals surface area contributed by atoms with Crippen LogP contribution in [0.2, 0.25) is 0 Å². The minimum Gasteiger partial charge on any atom is -0.344 e. The van der Waals surface area contributed by atoms with E-state index in [1.165, 1.54) is 33.5 Å². The summed E-state index contributed by atoms with van der Waals surface area (Å²) in [5.41, 5.74) is 22.1. The van der Waals surface area contributed by atoms with Gasteiger partial charge in [-0.2, -0.15) is 0 Å². The first-order chi connectivity index (χ1) is 61.1. The van der Waals surface area contributed by atoms with Crippen molar-refractivity contribution < 1.29 is 19.2 Å². The first-order valence-corrected chi connectivity index (χ1v) is 46.2. The van der Waals surface area contributed by atoms with E-state index in [9.17, 15) is 19.2 Å². The maximum atomic E-state index is 14.5. The number of nitrogens with zero attached hydrogens (tertiary/aromatic N) is 12. The number of carbonyl (C=O) groups is 4. The molecule has 20 heteroatoms. The molecule has 648 valence electrons. The van der Waals surface area contributed by atoms with E-state index in [0.29, 0.717) is 0 Å². The Morgan fingerprint density at radius 2 is 0.696 bits per heavy atom. The van der Waals surface area contributed by atoms with Crippen LogP contribution in [0, 0.1) is 0 Å². The lowest BCUT2D eigenvalue weighted by molar-refractivity contribution is -0.139. The van der Waals surface area contributed by atoms with Crippen LogP contribution < -0.4 is 0 Å². The van der Waals surface area contributed by atoms with Crippen LogP contribution in [0.15, 0.2) is 219 Å². The Labute approximate surface area is 738 Å². The van der Waals surface area contributed by atoms with Crippen molar-refractivity contribution in [1.82, 2.24) is 79.1 Å². The zero-order chi connectivity index (χ0) is 86.8. The van der Waals surface area contributed by atoms with E-state index < -0.39 is 0 Å². The standard InChI is InChI=1S/C53H62N8O2.C52H62N8O2/c1-5-58(6-2)48(38-18-11-9-12-19-38)52(62)60-32-16-24-45(60)50-54-35-44(56-50)37-28-26-36(27-29-37)40-30-31-42-41(34-40)22-15-23-43-47(42)57-51(55-43)46-25-17-33-61(46)53(63)49(59(7-3)8-4)39-20-13-10-14-21-39;1-7-58(8-2)47(38-19-13-11-14-20-38)51(61)57(6)35(5)49-54-43-24-17-23-41-33-40(30-31-42(41)46(43)56-49)36-26-28-37(29-27-36)44-34-53-50(55-44)45-25-18-32-60(45)52(62)48(59(9-3)10-4)39-21-15-12-16-22-39/h9-14,18-21,26-31,34-35,45-46,48-49H,5-8,15-17,22-25,32-33H2,1-4H3,(H,54,56)(H,55,57);11-16,19-22,26-31,33-35,45,47-48H,7-10,17-18,23-25,32H2,1-6H3,(H,53,55)(H,54,56)/t45-,46-,48+,49+;35-,45-,47+,48+/m00/s1. The third-order valence-electron chi connectivity index (χ3n) is 27.3. The molecule has 5 aliphatic rings. The molecule has 0 spiro atoms. The second kappa shape index (κ2) is 39.7. The number of likely N-dealkylation sites (N-methyl/N-ethyl adjacent to an activating group) is 5. The average Bonchev–Trinajstić information content (AvgIpc) is 1.62. The molecule has 0 bridgehead atoms. The highest BCUT2D eigenvalue weighted by Gasteiger charge is 2.43. The van der Waals surface area contributed by atoms with Crippen molar-refractivity contribution in [2.45, 2.75) is 188 Å². The predicted octanol–water partition coefficient (Wildman–Crippen LogP) is 20.1. The molecule has 0 saturated carbocycles. The first-order valence-electron chi connectivity index (χ1n) is 46.2. The normalized spacial score (nSPS) is 17.4. The van der Waals surface area contributed by atoms with Crippen LogP contribution in [0.3, 0.4) is 0 Å². The van der Waals surface area contributed by atoms with E-state index in [1.54, 1.807) is 0 Å². The molecule has 20 nitrogen and oxygen atoms in total. The summed E-state index contributed by atoms with van der Waals surface area (Å²) < 4.78 is 0. The number of hydrogen-bond donors (Lipinski definition) is 4. The van der Waals surface area contributed by atoms with Gasteiger partial charge in [0.05, 0.1) is 59.3 Å². The van der Waals surface area contributed by atoms with Gasteiger partial charge in [-0.05, 0) is 203 Å². The number of likely N-dealkylation sites (tertiary alicyclic amines) is 3. The number of imidazole rings is 4. The molecule has 12 aromatic rings. The van der Waals surface area contributed by atoms with Gasteiger partial charge in [0.25, 0.3) is 0 Å². The van der Waals surface area contributed by atoms with Crippen molar-refractivity contribution in [3.8, 4) is 67.3 Å². The van der Waals surface area contributed by atoms with Crippen molar-refractivity contribution >= 4 is 23.6 Å². The topological polar surface area (TPSA) is 209 Å². The quantitative estimate of drug-likeness (QED) is 0.0345. The zero-order valence-corrected chi connectivity index (χ0v) is 74.7. The van der Waals surface area contributed by atoms with Gasteiger partial charge in [0.1, 0.15) is 47.5 Å². The molecular weight excluding hydrogens is 1550 g/mol. The Hall–Kier alpha value is -11.7. The highest BCUT2D eigenvalue weighted by Crippen LogP contribution is 2.44. The number of aromatic amines is 4. The number of fused-ring (bicyclic) bond motifs is 6. The summed E-state index contributed by atoms with van der Waals surface area (Å²) in [5.74, 6) is 3.95. The lowest BCUT2D eigenvalue weighted by Gasteiger charge is -2.34. The molecule has 8 aromatic carbocycles. The molecule has 17 rings (SSSR count). The molecule has 0 unspecified atom stereocenters. The van der Waals surface area contributed by atoms with Crippen LogP contribution in [0.1, 0.15) is 230 Å². The van der Waals surface area contributed by atoms with Crippen LogP contribution in [-0.4, -0.2) is 182 Å². The lowest BCUT2D eigenvalue weighted by Crippen LogP contribution is -2.43. The number of benzene rings is 8. The van der Waals surface area contributed by atoms with Gasteiger partial charge in [-0.1, -0.05) is 262 Å². The first kappa shape index (κ1) is 86.8. The molecule has 4 amide bonds. The molecule has 7 heterocycles. The highest BCUT2D eigenvalue weighted by atomic mass is 16.2. The Kier molecular flexibility index (Phi) is 27.6. The largest absolute Gasteiger partial charge is 0.344 e. The van der Waals surface area contributed by atoms with Gasteiger partial charge >= 0.3 is 0 Å². The molecule has 2 aliphatic carbocycles.